The van der Waals surface area contributed by atoms with Crippen LogP contribution < -0.4 is 5.73 Å². The summed E-state index contributed by atoms with van der Waals surface area (Å²) in [6.07, 6.45) is -9.69. The molecule has 0 aliphatic carbocycles. The molecule has 0 aromatic heterocycles. The maximum Gasteiger partial charge on any atom is 0.416 e. The smallest absolute Gasteiger partial charge is 0.324 e. The molecule has 0 aliphatic heterocycles. The van der Waals surface area contributed by atoms with E-state index in [1.807, 2.05) is 0 Å². The Hall–Kier alpha value is -1.24. The van der Waals surface area contributed by atoms with Crippen LogP contribution in [-0.2, 0) is 12.4 Å². The van der Waals surface area contributed by atoms with Crippen LogP contribution in [0.15, 0.2) is 18.2 Å². The molecule has 1 nitrogen and oxygen atoms in total. The first-order chi connectivity index (χ1) is 8.44. The van der Waals surface area contributed by atoms with E-state index in [-0.39, 0.29) is 17.5 Å². The fourth-order valence-corrected chi connectivity index (χ4v) is 1.63. The molecule has 1 unspecified atom stereocenters. The van der Waals surface area contributed by atoms with Crippen LogP contribution in [0.4, 0.5) is 26.3 Å². The lowest BCUT2D eigenvalue weighted by Gasteiger charge is -2.22. The monoisotopic (exact) mass is 285 g/mol. The van der Waals surface area contributed by atoms with Crippen molar-refractivity contribution < 1.29 is 26.3 Å². The predicted molar refractivity (Wildman–Crippen MR) is 58.2 cm³/mol. The maximum absolute atomic E-state index is 12.8. The zero-order valence-corrected chi connectivity index (χ0v) is 10.2. The average Bonchev–Trinajstić information content (AvgIpc) is 2.24. The van der Waals surface area contributed by atoms with Crippen LogP contribution in [0.5, 0.6) is 0 Å². The van der Waals surface area contributed by atoms with Crippen molar-refractivity contribution in [3.05, 3.63) is 34.9 Å². The van der Waals surface area contributed by atoms with Crippen LogP contribution in [0.1, 0.15) is 36.6 Å². The summed E-state index contributed by atoms with van der Waals surface area (Å²) < 4.78 is 75.8. The van der Waals surface area contributed by atoms with Gasteiger partial charge in [-0.3, -0.25) is 0 Å². The van der Waals surface area contributed by atoms with Gasteiger partial charge >= 0.3 is 12.4 Å². The van der Waals surface area contributed by atoms with E-state index in [2.05, 4.69) is 0 Å². The highest BCUT2D eigenvalue weighted by atomic mass is 19.4. The number of hydrogen-bond acceptors (Lipinski definition) is 1. The lowest BCUT2D eigenvalue weighted by molar-refractivity contribution is -0.143. The predicted octanol–water partition coefficient (Wildman–Crippen LogP) is 4.38. The van der Waals surface area contributed by atoms with Gasteiger partial charge in [0.15, 0.2) is 0 Å². The number of rotatable bonds is 2. The van der Waals surface area contributed by atoms with Gasteiger partial charge in [-0.1, -0.05) is 19.9 Å². The molecule has 0 fully saturated rings. The first kappa shape index (κ1) is 15.8. The summed E-state index contributed by atoms with van der Waals surface area (Å²) in [6.45, 7) is 3.20. The standard InChI is InChI=1S/C12H13F6N/c1-6(2)10(19)8-4-3-7(11(13,14)15)5-9(8)12(16,17)18/h3-6,10H,19H2,1-2H3. The molecule has 19 heavy (non-hydrogen) atoms. The average molecular weight is 285 g/mol. The summed E-state index contributed by atoms with van der Waals surface area (Å²) in [6, 6.07) is 0.555. The fraction of sp³-hybridized carbons (Fsp3) is 0.500. The Morgan fingerprint density at radius 3 is 1.84 bits per heavy atom. The van der Waals surface area contributed by atoms with Crippen molar-refractivity contribution in [2.45, 2.75) is 32.2 Å². The largest absolute Gasteiger partial charge is 0.416 e. The summed E-state index contributed by atoms with van der Waals surface area (Å²) in [4.78, 5) is 0. The molecule has 0 bridgehead atoms. The Balaban J connectivity index is 3.42. The number of alkyl halides is 6. The lowest BCUT2D eigenvalue weighted by atomic mass is 9.91. The van der Waals surface area contributed by atoms with Crippen molar-refractivity contribution in [2.75, 3.05) is 0 Å². The van der Waals surface area contributed by atoms with Crippen molar-refractivity contribution in [1.29, 1.82) is 0 Å². The van der Waals surface area contributed by atoms with Crippen molar-refractivity contribution in [3.63, 3.8) is 0 Å². The topological polar surface area (TPSA) is 26.0 Å². The van der Waals surface area contributed by atoms with Gasteiger partial charge in [-0.25, -0.2) is 0 Å². The molecule has 7 heteroatoms. The molecule has 1 aromatic carbocycles. The van der Waals surface area contributed by atoms with Gasteiger partial charge in [0.25, 0.3) is 0 Å². The Labute approximate surface area is 106 Å². The quantitative estimate of drug-likeness (QED) is 0.802. The van der Waals surface area contributed by atoms with Crippen LogP contribution in [0.3, 0.4) is 0 Å². The summed E-state index contributed by atoms with van der Waals surface area (Å²) in [5.74, 6) is -0.321. The van der Waals surface area contributed by atoms with Crippen LogP contribution in [0.25, 0.3) is 0 Å². The molecule has 0 radical (unpaired) electrons. The van der Waals surface area contributed by atoms with Gasteiger partial charge in [0.05, 0.1) is 11.1 Å². The van der Waals surface area contributed by atoms with Crippen LogP contribution in [0.2, 0.25) is 0 Å². The van der Waals surface area contributed by atoms with Crippen molar-refractivity contribution in [1.82, 2.24) is 0 Å². The fourth-order valence-electron chi connectivity index (χ4n) is 1.63. The Bertz CT molecular complexity index is 447. The van der Waals surface area contributed by atoms with E-state index in [1.54, 1.807) is 13.8 Å². The number of halogens is 6. The van der Waals surface area contributed by atoms with E-state index >= 15 is 0 Å². The Morgan fingerprint density at radius 2 is 1.47 bits per heavy atom. The van der Waals surface area contributed by atoms with E-state index < -0.39 is 29.5 Å². The highest BCUT2D eigenvalue weighted by Gasteiger charge is 2.39. The molecule has 2 N–H and O–H groups in total. The SMILES string of the molecule is CC(C)C(N)c1ccc(C(F)(F)F)cc1C(F)(F)F. The second-order valence-corrected chi connectivity index (χ2v) is 4.57. The van der Waals surface area contributed by atoms with E-state index in [1.165, 1.54) is 0 Å². The zero-order valence-electron chi connectivity index (χ0n) is 10.2. The highest BCUT2D eigenvalue weighted by molar-refractivity contribution is 5.37. The first-order valence-electron chi connectivity index (χ1n) is 5.48. The summed E-state index contributed by atoms with van der Waals surface area (Å²) in [7, 11) is 0. The molecule has 0 heterocycles. The number of benzene rings is 1. The van der Waals surface area contributed by atoms with Crippen LogP contribution >= 0.6 is 0 Å². The molecular weight excluding hydrogens is 272 g/mol. The normalized spacial score (nSPS) is 14.8. The molecule has 0 saturated carbocycles. The Kier molecular flexibility index (Phi) is 4.19. The molecule has 1 rings (SSSR count). The Morgan fingerprint density at radius 1 is 0.947 bits per heavy atom. The third-order valence-electron chi connectivity index (χ3n) is 2.76. The summed E-state index contributed by atoms with van der Waals surface area (Å²) >= 11 is 0. The number of hydrogen-bond donors (Lipinski definition) is 1. The van der Waals surface area contributed by atoms with Gasteiger partial charge in [-0.05, 0) is 23.6 Å². The van der Waals surface area contributed by atoms with Gasteiger partial charge in [-0.2, -0.15) is 26.3 Å². The van der Waals surface area contributed by atoms with Gasteiger partial charge < -0.3 is 5.73 Å². The van der Waals surface area contributed by atoms with Crippen LogP contribution in [-0.4, -0.2) is 0 Å². The zero-order chi connectivity index (χ0) is 15.0. The molecule has 0 aliphatic rings. The van der Waals surface area contributed by atoms with Gasteiger partial charge in [0, 0.05) is 6.04 Å². The van der Waals surface area contributed by atoms with Gasteiger partial charge in [0.1, 0.15) is 0 Å². The minimum Gasteiger partial charge on any atom is -0.324 e. The van der Waals surface area contributed by atoms with Gasteiger partial charge in [0.2, 0.25) is 0 Å². The third kappa shape index (κ3) is 3.62. The second kappa shape index (κ2) is 5.03. The summed E-state index contributed by atoms with van der Waals surface area (Å²) in [5.41, 5.74) is 2.63. The summed E-state index contributed by atoms with van der Waals surface area (Å²) in [5, 5.41) is 0. The van der Waals surface area contributed by atoms with E-state index in [9.17, 15) is 26.3 Å². The minimum absolute atomic E-state index is 0.109. The molecule has 0 spiro atoms. The molecule has 0 saturated heterocycles. The van der Waals surface area contributed by atoms with Crippen LogP contribution in [0, 0.1) is 5.92 Å². The maximum atomic E-state index is 12.8. The number of nitrogens with two attached hydrogens (primary N) is 1. The van der Waals surface area contributed by atoms with E-state index in [0.29, 0.717) is 6.07 Å². The van der Waals surface area contributed by atoms with Crippen molar-refractivity contribution >= 4 is 0 Å². The molecule has 1 atom stereocenters. The van der Waals surface area contributed by atoms with Crippen molar-refractivity contribution in [3.8, 4) is 0 Å². The molecule has 0 amide bonds. The van der Waals surface area contributed by atoms with Crippen molar-refractivity contribution in [2.24, 2.45) is 11.7 Å². The lowest BCUT2D eigenvalue weighted by Crippen LogP contribution is -2.22. The first-order valence-corrected chi connectivity index (χ1v) is 5.48. The molecule has 108 valence electrons. The van der Waals surface area contributed by atoms with E-state index in [0.717, 1.165) is 6.07 Å². The second-order valence-electron chi connectivity index (χ2n) is 4.57. The van der Waals surface area contributed by atoms with E-state index in [4.69, 9.17) is 5.73 Å². The third-order valence-corrected chi connectivity index (χ3v) is 2.76. The van der Waals surface area contributed by atoms with Gasteiger partial charge in [-0.15, -0.1) is 0 Å². The molecule has 1 aromatic rings. The highest BCUT2D eigenvalue weighted by Crippen LogP contribution is 2.39. The molecular formula is C12H13F6N. The minimum atomic E-state index is -4.87.